The zero-order valence-electron chi connectivity index (χ0n) is 14.5. The highest BCUT2D eigenvalue weighted by molar-refractivity contribution is 5.92. The number of rotatable bonds is 5. The van der Waals surface area contributed by atoms with Crippen molar-refractivity contribution < 1.29 is 14.3 Å². The number of carbonyl (C=O) groups excluding carboxylic acids is 1. The van der Waals surface area contributed by atoms with E-state index in [2.05, 4.69) is 29.4 Å². The number of nitrogens with zero attached hydrogens (tertiary/aromatic N) is 3. The van der Waals surface area contributed by atoms with Crippen LogP contribution in [0.3, 0.4) is 0 Å². The van der Waals surface area contributed by atoms with Gasteiger partial charge >= 0.3 is 0 Å². The molecule has 7 heteroatoms. The molecule has 132 valence electrons. The number of hydrogen-bond donors (Lipinski definition) is 1. The molecule has 0 radical (unpaired) electrons. The molecule has 3 rings (SSSR count). The Hall–Kier alpha value is -1.73. The lowest BCUT2D eigenvalue weighted by atomic mass is 10.0. The predicted octanol–water partition coefficient (Wildman–Crippen LogP) is 1.91. The maximum absolute atomic E-state index is 12.5. The summed E-state index contributed by atoms with van der Waals surface area (Å²) in [5.74, 6) is 0.801. The molecule has 7 nitrogen and oxygen atoms in total. The standard InChI is InChI=1S/C17H26N4O3/c1-13(2)5-8-18-15-4-3-14(19-20-15)16(22)21-9-6-17(7-10-21)23-11-12-24-17/h3-4,13H,5-12H2,1-2H3,(H,18,20). The van der Waals surface area contributed by atoms with Gasteiger partial charge in [-0.05, 0) is 24.5 Å². The summed E-state index contributed by atoms with van der Waals surface area (Å²) in [4.78, 5) is 14.3. The molecule has 1 aromatic heterocycles. The average Bonchev–Trinajstić information content (AvgIpc) is 3.03. The summed E-state index contributed by atoms with van der Waals surface area (Å²) in [6.07, 6.45) is 2.49. The molecule has 2 fully saturated rings. The Morgan fingerprint density at radius 1 is 1.25 bits per heavy atom. The molecule has 0 aromatic carbocycles. The first-order valence-electron chi connectivity index (χ1n) is 8.73. The van der Waals surface area contributed by atoms with E-state index in [9.17, 15) is 4.79 Å². The van der Waals surface area contributed by atoms with Gasteiger partial charge in [-0.3, -0.25) is 4.79 Å². The zero-order valence-corrected chi connectivity index (χ0v) is 14.5. The molecule has 0 bridgehead atoms. The molecule has 2 aliphatic heterocycles. The maximum Gasteiger partial charge on any atom is 0.274 e. The molecule has 24 heavy (non-hydrogen) atoms. The predicted molar refractivity (Wildman–Crippen MR) is 89.7 cm³/mol. The fourth-order valence-electron chi connectivity index (χ4n) is 3.03. The molecule has 1 amide bonds. The molecule has 0 unspecified atom stereocenters. The van der Waals surface area contributed by atoms with Crippen molar-refractivity contribution in [2.75, 3.05) is 38.2 Å². The highest BCUT2D eigenvalue weighted by atomic mass is 16.7. The number of piperidine rings is 1. The number of amides is 1. The van der Waals surface area contributed by atoms with Gasteiger partial charge in [0, 0.05) is 32.5 Å². The van der Waals surface area contributed by atoms with E-state index in [1.807, 2.05) is 6.07 Å². The number of carbonyl (C=O) groups is 1. The smallest absolute Gasteiger partial charge is 0.274 e. The van der Waals surface area contributed by atoms with Crippen molar-refractivity contribution in [2.45, 2.75) is 38.9 Å². The fraction of sp³-hybridized carbons (Fsp3) is 0.706. The van der Waals surface area contributed by atoms with Crippen LogP contribution in [0.4, 0.5) is 5.82 Å². The average molecular weight is 334 g/mol. The van der Waals surface area contributed by atoms with E-state index in [0.717, 1.165) is 13.0 Å². The normalized spacial score (nSPS) is 19.9. The summed E-state index contributed by atoms with van der Waals surface area (Å²) >= 11 is 0. The van der Waals surface area contributed by atoms with Gasteiger partial charge in [-0.1, -0.05) is 13.8 Å². The second-order valence-electron chi connectivity index (χ2n) is 6.81. The number of hydrogen-bond acceptors (Lipinski definition) is 6. The van der Waals surface area contributed by atoms with Gasteiger partial charge in [0.1, 0.15) is 5.82 Å². The van der Waals surface area contributed by atoms with Gasteiger partial charge in [0.05, 0.1) is 13.2 Å². The Bertz CT molecular complexity index is 545. The Morgan fingerprint density at radius 3 is 2.54 bits per heavy atom. The number of anilines is 1. The molecule has 1 aromatic rings. The van der Waals surface area contributed by atoms with Gasteiger partial charge in [-0.2, -0.15) is 0 Å². The molecular formula is C17H26N4O3. The maximum atomic E-state index is 12.5. The number of aromatic nitrogens is 2. The summed E-state index contributed by atoms with van der Waals surface area (Å²) in [5.41, 5.74) is 0.383. The molecule has 0 atom stereocenters. The lowest BCUT2D eigenvalue weighted by Crippen LogP contribution is -2.47. The molecule has 0 aliphatic carbocycles. The topological polar surface area (TPSA) is 76.6 Å². The Labute approximate surface area is 142 Å². The molecule has 1 spiro atoms. The van der Waals surface area contributed by atoms with Crippen LogP contribution in [0.1, 0.15) is 43.6 Å². The van der Waals surface area contributed by atoms with E-state index < -0.39 is 5.79 Å². The largest absolute Gasteiger partial charge is 0.369 e. The van der Waals surface area contributed by atoms with Crippen LogP contribution in [0.25, 0.3) is 0 Å². The first-order chi connectivity index (χ1) is 11.6. The summed E-state index contributed by atoms with van der Waals surface area (Å²) in [6, 6.07) is 3.55. The third kappa shape index (κ3) is 4.02. The van der Waals surface area contributed by atoms with E-state index >= 15 is 0 Å². The van der Waals surface area contributed by atoms with Gasteiger partial charge in [0.15, 0.2) is 11.5 Å². The zero-order chi connectivity index (χ0) is 17.0. The van der Waals surface area contributed by atoms with Crippen molar-refractivity contribution in [1.82, 2.24) is 15.1 Å². The van der Waals surface area contributed by atoms with Crippen molar-refractivity contribution in [2.24, 2.45) is 5.92 Å². The van der Waals surface area contributed by atoms with Gasteiger partial charge < -0.3 is 19.7 Å². The van der Waals surface area contributed by atoms with Gasteiger partial charge in [0.2, 0.25) is 0 Å². The van der Waals surface area contributed by atoms with Gasteiger partial charge in [-0.15, -0.1) is 10.2 Å². The van der Waals surface area contributed by atoms with E-state index in [0.29, 0.717) is 56.6 Å². The monoisotopic (exact) mass is 334 g/mol. The van der Waals surface area contributed by atoms with E-state index in [1.54, 1.807) is 11.0 Å². The Kier molecular flexibility index (Phi) is 5.30. The third-order valence-electron chi connectivity index (χ3n) is 4.54. The number of likely N-dealkylation sites (tertiary alicyclic amines) is 1. The first-order valence-corrected chi connectivity index (χ1v) is 8.73. The Balaban J connectivity index is 1.52. The molecule has 2 aliphatic rings. The molecular weight excluding hydrogens is 308 g/mol. The van der Waals surface area contributed by atoms with Gasteiger partial charge in [0.25, 0.3) is 5.91 Å². The summed E-state index contributed by atoms with van der Waals surface area (Å²) < 4.78 is 11.4. The minimum absolute atomic E-state index is 0.0796. The van der Waals surface area contributed by atoms with E-state index in [1.165, 1.54) is 0 Å². The van der Waals surface area contributed by atoms with Crippen LogP contribution in [0.2, 0.25) is 0 Å². The summed E-state index contributed by atoms with van der Waals surface area (Å²) in [7, 11) is 0. The lowest BCUT2D eigenvalue weighted by molar-refractivity contribution is -0.181. The number of ether oxygens (including phenoxy) is 2. The van der Waals surface area contributed by atoms with Crippen molar-refractivity contribution in [3.63, 3.8) is 0 Å². The van der Waals surface area contributed by atoms with Crippen molar-refractivity contribution in [1.29, 1.82) is 0 Å². The highest BCUT2D eigenvalue weighted by Crippen LogP contribution is 2.31. The van der Waals surface area contributed by atoms with E-state index in [4.69, 9.17) is 9.47 Å². The van der Waals surface area contributed by atoms with Crippen LogP contribution in [0, 0.1) is 5.92 Å². The minimum Gasteiger partial charge on any atom is -0.369 e. The minimum atomic E-state index is -0.466. The second-order valence-corrected chi connectivity index (χ2v) is 6.81. The van der Waals surface area contributed by atoms with Crippen molar-refractivity contribution in [3.8, 4) is 0 Å². The van der Waals surface area contributed by atoms with Gasteiger partial charge in [-0.25, -0.2) is 0 Å². The van der Waals surface area contributed by atoms with Crippen LogP contribution < -0.4 is 5.32 Å². The highest BCUT2D eigenvalue weighted by Gasteiger charge is 2.41. The van der Waals surface area contributed by atoms with Crippen LogP contribution in [-0.4, -0.2) is 59.6 Å². The summed E-state index contributed by atoms with van der Waals surface area (Å²) in [5, 5.41) is 11.4. The molecule has 1 N–H and O–H groups in total. The second kappa shape index (κ2) is 7.44. The summed E-state index contributed by atoms with van der Waals surface area (Å²) in [6.45, 7) is 7.74. The fourth-order valence-corrected chi connectivity index (χ4v) is 3.03. The van der Waals surface area contributed by atoms with E-state index in [-0.39, 0.29) is 5.91 Å². The SMILES string of the molecule is CC(C)CCNc1ccc(C(=O)N2CCC3(CC2)OCCO3)nn1. The van der Waals surface area contributed by atoms with Crippen LogP contribution in [0.15, 0.2) is 12.1 Å². The van der Waals surface area contributed by atoms with Crippen molar-refractivity contribution >= 4 is 11.7 Å². The molecule has 2 saturated heterocycles. The number of nitrogens with one attached hydrogen (secondary N) is 1. The molecule has 0 saturated carbocycles. The van der Waals surface area contributed by atoms with Crippen molar-refractivity contribution in [3.05, 3.63) is 17.8 Å². The third-order valence-corrected chi connectivity index (χ3v) is 4.54. The van der Waals surface area contributed by atoms with Crippen LogP contribution in [0.5, 0.6) is 0 Å². The quantitative estimate of drug-likeness (QED) is 0.886. The van der Waals surface area contributed by atoms with Crippen LogP contribution >= 0.6 is 0 Å². The lowest BCUT2D eigenvalue weighted by Gasteiger charge is -2.37. The Morgan fingerprint density at radius 2 is 1.96 bits per heavy atom. The van der Waals surface area contributed by atoms with Crippen LogP contribution in [-0.2, 0) is 9.47 Å². The first kappa shape index (κ1) is 17.1. The molecule has 3 heterocycles.